The molecule has 0 atom stereocenters. The van der Waals surface area contributed by atoms with Crippen LogP contribution in [0.25, 0.3) is 0 Å². The number of nitrogens with one attached hydrogen (secondary N) is 1. The number of aliphatic carboxylic acids is 1. The van der Waals surface area contributed by atoms with Gasteiger partial charge in [0.25, 0.3) is 11.8 Å². The molecule has 1 aromatic carbocycles. The Balaban J connectivity index is 1.60. The maximum absolute atomic E-state index is 12.7. The van der Waals surface area contributed by atoms with E-state index in [0.717, 1.165) is 0 Å². The highest BCUT2D eigenvalue weighted by atomic mass is 16.5. The van der Waals surface area contributed by atoms with Crippen molar-refractivity contribution in [3.05, 3.63) is 64.1 Å². The second-order valence-electron chi connectivity index (χ2n) is 6.24. The number of piperazine rings is 1. The third-order valence-corrected chi connectivity index (χ3v) is 4.33. The number of hydrogen-bond acceptors (Lipinski definition) is 5. The van der Waals surface area contributed by atoms with Gasteiger partial charge >= 0.3 is 5.97 Å². The first-order valence-electron chi connectivity index (χ1n) is 8.66. The minimum atomic E-state index is -1.10. The van der Waals surface area contributed by atoms with Gasteiger partial charge in [0.05, 0.1) is 5.56 Å². The summed E-state index contributed by atoms with van der Waals surface area (Å²) in [6.07, 6.45) is 1.38. The Morgan fingerprint density at radius 2 is 1.61 bits per heavy atom. The zero-order valence-corrected chi connectivity index (χ0v) is 15.0. The number of pyridine rings is 1. The molecule has 0 saturated carbocycles. The average molecular weight is 385 g/mol. The number of carbonyl (C=O) groups excluding carboxylic acids is 2. The van der Waals surface area contributed by atoms with E-state index in [9.17, 15) is 19.2 Å². The third-order valence-electron chi connectivity index (χ3n) is 4.33. The number of H-pyrrole nitrogens is 1. The largest absolute Gasteiger partial charge is 0.482 e. The van der Waals surface area contributed by atoms with Crippen LogP contribution < -0.4 is 10.3 Å². The van der Waals surface area contributed by atoms with E-state index < -0.39 is 12.6 Å². The Bertz CT molecular complexity index is 926. The van der Waals surface area contributed by atoms with Gasteiger partial charge in [-0.3, -0.25) is 14.4 Å². The second-order valence-corrected chi connectivity index (χ2v) is 6.24. The molecule has 0 aliphatic carbocycles. The molecule has 28 heavy (non-hydrogen) atoms. The first-order valence-corrected chi connectivity index (χ1v) is 8.66. The summed E-state index contributed by atoms with van der Waals surface area (Å²) in [4.78, 5) is 52.6. The van der Waals surface area contributed by atoms with Gasteiger partial charge in [0.1, 0.15) is 5.75 Å². The van der Waals surface area contributed by atoms with Gasteiger partial charge in [-0.05, 0) is 24.3 Å². The maximum atomic E-state index is 12.7. The van der Waals surface area contributed by atoms with E-state index in [-0.39, 0.29) is 17.4 Å². The number of ether oxygens (including phenoxy) is 1. The second kappa shape index (κ2) is 8.38. The van der Waals surface area contributed by atoms with Crippen LogP contribution in [0.15, 0.2) is 47.4 Å². The molecule has 1 fully saturated rings. The first kappa shape index (κ1) is 19.2. The molecule has 2 heterocycles. The summed E-state index contributed by atoms with van der Waals surface area (Å²) in [6, 6.07) is 9.12. The predicted molar refractivity (Wildman–Crippen MR) is 98.4 cm³/mol. The van der Waals surface area contributed by atoms with Gasteiger partial charge in [0.2, 0.25) is 5.56 Å². The zero-order valence-electron chi connectivity index (χ0n) is 15.0. The maximum Gasteiger partial charge on any atom is 0.341 e. The van der Waals surface area contributed by atoms with Gasteiger partial charge in [0, 0.05) is 44.0 Å². The minimum Gasteiger partial charge on any atom is -0.482 e. The van der Waals surface area contributed by atoms with Crippen molar-refractivity contribution in [3.63, 3.8) is 0 Å². The van der Waals surface area contributed by atoms with E-state index in [0.29, 0.717) is 43.1 Å². The summed E-state index contributed by atoms with van der Waals surface area (Å²) in [5.41, 5.74) is 0.507. The summed E-state index contributed by atoms with van der Waals surface area (Å²) in [5, 5.41) is 8.67. The molecule has 2 amide bonds. The lowest BCUT2D eigenvalue weighted by molar-refractivity contribution is -0.139. The molecule has 1 aliphatic rings. The number of aromatic amines is 1. The zero-order chi connectivity index (χ0) is 20.1. The van der Waals surface area contributed by atoms with Gasteiger partial charge in [-0.2, -0.15) is 0 Å². The number of benzene rings is 1. The monoisotopic (exact) mass is 385 g/mol. The van der Waals surface area contributed by atoms with Crippen LogP contribution in [0.4, 0.5) is 0 Å². The number of carbonyl (C=O) groups is 3. The van der Waals surface area contributed by atoms with Gasteiger partial charge < -0.3 is 24.6 Å². The molecule has 0 radical (unpaired) electrons. The molecule has 146 valence electrons. The van der Waals surface area contributed by atoms with Gasteiger partial charge in [0.15, 0.2) is 6.61 Å². The normalized spacial score (nSPS) is 13.9. The van der Waals surface area contributed by atoms with Crippen LogP contribution >= 0.6 is 0 Å². The molecule has 0 spiro atoms. The van der Waals surface area contributed by atoms with Crippen molar-refractivity contribution in [1.82, 2.24) is 14.8 Å². The fraction of sp³-hybridized carbons (Fsp3) is 0.263. The van der Waals surface area contributed by atoms with Crippen molar-refractivity contribution < 1.29 is 24.2 Å². The van der Waals surface area contributed by atoms with Gasteiger partial charge in [-0.25, -0.2) is 4.79 Å². The quantitative estimate of drug-likeness (QED) is 0.771. The molecule has 1 aliphatic heterocycles. The van der Waals surface area contributed by atoms with Crippen molar-refractivity contribution in [3.8, 4) is 5.75 Å². The number of aromatic nitrogens is 1. The standard InChI is InChI=1S/C19H19N3O6/c23-16-5-4-14(11-20-16)19(27)22-8-6-21(7-9-22)18(26)13-2-1-3-15(10-13)28-12-17(24)25/h1-5,10-11H,6-9,12H2,(H,20,23)(H,24,25). The fourth-order valence-corrected chi connectivity index (χ4v) is 2.89. The lowest BCUT2D eigenvalue weighted by Gasteiger charge is -2.34. The van der Waals surface area contributed by atoms with Crippen LogP contribution in [-0.4, -0.2) is 70.5 Å². The lowest BCUT2D eigenvalue weighted by Crippen LogP contribution is -2.50. The fourth-order valence-electron chi connectivity index (χ4n) is 2.89. The van der Waals surface area contributed by atoms with E-state index in [1.807, 2.05) is 0 Å². The molecule has 0 bridgehead atoms. The summed E-state index contributed by atoms with van der Waals surface area (Å²) < 4.78 is 5.10. The molecule has 9 heteroatoms. The Morgan fingerprint density at radius 1 is 0.964 bits per heavy atom. The molecule has 1 aromatic heterocycles. The Labute approximate surface area is 160 Å². The van der Waals surface area contributed by atoms with Crippen LogP contribution in [0.2, 0.25) is 0 Å². The van der Waals surface area contributed by atoms with Gasteiger partial charge in [-0.15, -0.1) is 0 Å². The predicted octanol–water partition coefficient (Wildman–Crippen LogP) is 0.437. The number of rotatable bonds is 5. The number of carboxylic acid groups (broad SMARTS) is 1. The molecular weight excluding hydrogens is 366 g/mol. The molecule has 9 nitrogen and oxygen atoms in total. The highest BCUT2D eigenvalue weighted by Gasteiger charge is 2.25. The molecular formula is C19H19N3O6. The summed E-state index contributed by atoms with van der Waals surface area (Å²) >= 11 is 0. The minimum absolute atomic E-state index is 0.201. The van der Waals surface area contributed by atoms with E-state index in [4.69, 9.17) is 9.84 Å². The smallest absolute Gasteiger partial charge is 0.341 e. The Morgan fingerprint density at radius 3 is 2.18 bits per heavy atom. The number of hydrogen-bond donors (Lipinski definition) is 2. The Kier molecular flexibility index (Phi) is 5.73. The number of carboxylic acids is 1. The highest BCUT2D eigenvalue weighted by molar-refractivity contribution is 5.96. The van der Waals surface area contributed by atoms with E-state index in [2.05, 4.69) is 4.98 Å². The Hall–Kier alpha value is -3.62. The van der Waals surface area contributed by atoms with Crippen molar-refractivity contribution >= 4 is 17.8 Å². The molecule has 0 unspecified atom stereocenters. The van der Waals surface area contributed by atoms with Crippen LogP contribution in [0.5, 0.6) is 5.75 Å². The highest BCUT2D eigenvalue weighted by Crippen LogP contribution is 2.16. The van der Waals surface area contributed by atoms with E-state index in [1.165, 1.54) is 24.4 Å². The number of amides is 2. The average Bonchev–Trinajstić information content (AvgIpc) is 2.72. The lowest BCUT2D eigenvalue weighted by atomic mass is 10.1. The molecule has 2 N–H and O–H groups in total. The van der Waals surface area contributed by atoms with Crippen molar-refractivity contribution in [2.75, 3.05) is 32.8 Å². The van der Waals surface area contributed by atoms with Crippen LogP contribution in [0, 0.1) is 0 Å². The van der Waals surface area contributed by atoms with Crippen molar-refractivity contribution in [2.45, 2.75) is 0 Å². The molecule has 1 saturated heterocycles. The first-order chi connectivity index (χ1) is 13.4. The number of nitrogens with zero attached hydrogens (tertiary/aromatic N) is 2. The van der Waals surface area contributed by atoms with E-state index >= 15 is 0 Å². The van der Waals surface area contributed by atoms with Crippen LogP contribution in [-0.2, 0) is 4.79 Å². The van der Waals surface area contributed by atoms with Crippen LogP contribution in [0.1, 0.15) is 20.7 Å². The summed E-state index contributed by atoms with van der Waals surface area (Å²) in [7, 11) is 0. The topological polar surface area (TPSA) is 120 Å². The van der Waals surface area contributed by atoms with E-state index in [1.54, 1.807) is 28.0 Å². The van der Waals surface area contributed by atoms with Crippen LogP contribution in [0.3, 0.4) is 0 Å². The van der Waals surface area contributed by atoms with Crippen molar-refractivity contribution in [2.24, 2.45) is 0 Å². The molecule has 2 aromatic rings. The molecule has 3 rings (SSSR count). The summed E-state index contributed by atoms with van der Waals surface area (Å²) in [6.45, 7) is 1.00. The third kappa shape index (κ3) is 4.56. The SMILES string of the molecule is O=C(O)COc1cccc(C(=O)N2CCN(C(=O)c3ccc(=O)[nH]c3)CC2)c1. The van der Waals surface area contributed by atoms with Crippen molar-refractivity contribution in [1.29, 1.82) is 0 Å². The van der Waals surface area contributed by atoms with Gasteiger partial charge in [-0.1, -0.05) is 6.07 Å². The summed E-state index contributed by atoms with van der Waals surface area (Å²) in [5.74, 6) is -1.20.